The monoisotopic (exact) mass is 244 g/mol. The lowest BCUT2D eigenvalue weighted by Gasteiger charge is -2.08. The number of hydrogen-bond acceptors (Lipinski definition) is 4. The van der Waals surface area contributed by atoms with Crippen LogP contribution in [-0.4, -0.2) is 13.0 Å². The molecule has 0 aromatic heterocycles. The molecule has 90 valence electrons. The second-order valence-corrected chi connectivity index (χ2v) is 3.17. The SMILES string of the molecule is CNC(=O)c1cccc(F)c1NC=C(C#N)C#N. The Labute approximate surface area is 103 Å². The second kappa shape index (κ2) is 6.02. The zero-order chi connectivity index (χ0) is 13.5. The maximum Gasteiger partial charge on any atom is 0.253 e. The maximum atomic E-state index is 13.6. The number of nitriles is 2. The van der Waals surface area contributed by atoms with Crippen LogP contribution in [0.5, 0.6) is 0 Å². The predicted octanol–water partition coefficient (Wildman–Crippen LogP) is 1.53. The molecule has 18 heavy (non-hydrogen) atoms. The lowest BCUT2D eigenvalue weighted by atomic mass is 10.1. The van der Waals surface area contributed by atoms with Gasteiger partial charge < -0.3 is 10.6 Å². The Morgan fingerprint density at radius 3 is 2.61 bits per heavy atom. The van der Waals surface area contributed by atoms with E-state index in [2.05, 4.69) is 10.6 Å². The molecular formula is C12H9FN4O. The lowest BCUT2D eigenvalue weighted by molar-refractivity contribution is 0.0963. The molecule has 6 heteroatoms. The number of benzene rings is 1. The molecule has 0 radical (unpaired) electrons. The molecule has 0 atom stereocenters. The van der Waals surface area contributed by atoms with Gasteiger partial charge in [-0.15, -0.1) is 0 Å². The molecule has 0 saturated carbocycles. The molecule has 0 saturated heterocycles. The number of halogens is 1. The Morgan fingerprint density at radius 2 is 2.06 bits per heavy atom. The first-order valence-corrected chi connectivity index (χ1v) is 4.91. The van der Waals surface area contributed by atoms with Gasteiger partial charge in [-0.1, -0.05) is 6.07 Å². The molecule has 1 aromatic carbocycles. The molecule has 5 nitrogen and oxygen atoms in total. The Bertz CT molecular complexity index is 565. The molecule has 1 amide bonds. The largest absolute Gasteiger partial charge is 0.357 e. The highest BCUT2D eigenvalue weighted by Gasteiger charge is 2.13. The number of para-hydroxylation sites is 1. The molecule has 1 rings (SSSR count). The van der Waals surface area contributed by atoms with Crippen LogP contribution in [0.15, 0.2) is 30.0 Å². The van der Waals surface area contributed by atoms with Crippen molar-refractivity contribution in [3.8, 4) is 12.1 Å². The summed E-state index contributed by atoms with van der Waals surface area (Å²) >= 11 is 0. The van der Waals surface area contributed by atoms with Crippen LogP contribution in [0.4, 0.5) is 10.1 Å². The first-order valence-electron chi connectivity index (χ1n) is 4.91. The number of nitrogens with one attached hydrogen (secondary N) is 2. The van der Waals surface area contributed by atoms with Gasteiger partial charge in [-0.2, -0.15) is 10.5 Å². The minimum atomic E-state index is -0.650. The smallest absolute Gasteiger partial charge is 0.253 e. The van der Waals surface area contributed by atoms with Crippen LogP contribution in [0.25, 0.3) is 0 Å². The van der Waals surface area contributed by atoms with E-state index in [4.69, 9.17) is 10.5 Å². The van der Waals surface area contributed by atoms with Crippen molar-refractivity contribution in [2.75, 3.05) is 12.4 Å². The van der Waals surface area contributed by atoms with E-state index in [9.17, 15) is 9.18 Å². The topological polar surface area (TPSA) is 88.7 Å². The average molecular weight is 244 g/mol. The van der Waals surface area contributed by atoms with Gasteiger partial charge in [-0.25, -0.2) is 4.39 Å². The summed E-state index contributed by atoms with van der Waals surface area (Å²) in [6.07, 6.45) is 1.05. The van der Waals surface area contributed by atoms with Crippen LogP contribution in [0.2, 0.25) is 0 Å². The number of amides is 1. The second-order valence-electron chi connectivity index (χ2n) is 3.17. The third kappa shape index (κ3) is 2.83. The summed E-state index contributed by atoms with van der Waals surface area (Å²) in [5, 5.41) is 21.9. The number of rotatable bonds is 3. The first kappa shape index (κ1) is 13.2. The molecule has 1 aromatic rings. The summed E-state index contributed by atoms with van der Waals surface area (Å²) in [5.41, 5.74) is -0.218. The standard InChI is InChI=1S/C12H9FN4O/c1-16-12(18)9-3-2-4-10(13)11(9)17-7-8(5-14)6-15/h2-4,7,17H,1H3,(H,16,18). The van der Waals surface area contributed by atoms with E-state index in [1.165, 1.54) is 25.2 Å². The molecule has 0 spiro atoms. The van der Waals surface area contributed by atoms with Crippen LogP contribution in [0.1, 0.15) is 10.4 Å². The van der Waals surface area contributed by atoms with Crippen molar-refractivity contribution in [3.63, 3.8) is 0 Å². The molecular weight excluding hydrogens is 235 g/mol. The van der Waals surface area contributed by atoms with Crippen LogP contribution >= 0.6 is 0 Å². The molecule has 0 unspecified atom stereocenters. The molecule has 0 bridgehead atoms. The van der Waals surface area contributed by atoms with Crippen LogP contribution in [-0.2, 0) is 0 Å². The van der Waals surface area contributed by atoms with Crippen molar-refractivity contribution in [2.45, 2.75) is 0 Å². The molecule has 0 aliphatic heterocycles. The summed E-state index contributed by atoms with van der Waals surface area (Å²) in [4.78, 5) is 11.5. The Balaban J connectivity index is 3.17. The van der Waals surface area contributed by atoms with E-state index in [-0.39, 0.29) is 16.8 Å². The Morgan fingerprint density at radius 1 is 1.39 bits per heavy atom. The number of anilines is 1. The Kier molecular flexibility index (Phi) is 4.42. The highest BCUT2D eigenvalue weighted by atomic mass is 19.1. The van der Waals surface area contributed by atoms with Crippen molar-refractivity contribution in [2.24, 2.45) is 0 Å². The number of hydrogen-bond donors (Lipinski definition) is 2. The van der Waals surface area contributed by atoms with E-state index >= 15 is 0 Å². The maximum absolute atomic E-state index is 13.6. The third-order valence-corrected chi connectivity index (χ3v) is 2.09. The van der Waals surface area contributed by atoms with Gasteiger partial charge in [-0.05, 0) is 12.1 Å². The Hall–Kier alpha value is -2.86. The van der Waals surface area contributed by atoms with Crippen LogP contribution < -0.4 is 10.6 Å². The van der Waals surface area contributed by atoms with E-state index in [0.717, 1.165) is 6.20 Å². The van der Waals surface area contributed by atoms with E-state index < -0.39 is 11.7 Å². The molecule has 2 N–H and O–H groups in total. The summed E-state index contributed by atoms with van der Waals surface area (Å²) in [6.45, 7) is 0. The first-order chi connectivity index (χ1) is 8.63. The number of nitrogens with zero attached hydrogens (tertiary/aromatic N) is 2. The summed E-state index contributed by atoms with van der Waals surface area (Å²) < 4.78 is 13.6. The molecule has 0 fully saturated rings. The number of carbonyl (C=O) groups excluding carboxylic acids is 1. The zero-order valence-electron chi connectivity index (χ0n) is 9.49. The van der Waals surface area contributed by atoms with Gasteiger partial charge in [0, 0.05) is 13.2 Å². The van der Waals surface area contributed by atoms with Gasteiger partial charge in [0.25, 0.3) is 5.91 Å². The van der Waals surface area contributed by atoms with Gasteiger partial charge in [-0.3, -0.25) is 4.79 Å². The summed E-state index contributed by atoms with van der Waals surface area (Å²) in [6, 6.07) is 7.23. The van der Waals surface area contributed by atoms with Crippen LogP contribution in [0.3, 0.4) is 0 Å². The summed E-state index contributed by atoms with van der Waals surface area (Å²) in [5.74, 6) is -1.12. The van der Waals surface area contributed by atoms with Gasteiger partial charge in [0.2, 0.25) is 0 Å². The highest BCUT2D eigenvalue weighted by molar-refractivity contribution is 5.99. The third-order valence-electron chi connectivity index (χ3n) is 2.09. The minimum absolute atomic E-state index is 0.0835. The van der Waals surface area contributed by atoms with Gasteiger partial charge in [0.05, 0.1) is 11.3 Å². The summed E-state index contributed by atoms with van der Waals surface area (Å²) in [7, 11) is 1.42. The van der Waals surface area contributed by atoms with Crippen molar-refractivity contribution >= 4 is 11.6 Å². The van der Waals surface area contributed by atoms with Gasteiger partial charge in [0.15, 0.2) is 0 Å². The van der Waals surface area contributed by atoms with Gasteiger partial charge >= 0.3 is 0 Å². The van der Waals surface area contributed by atoms with E-state index in [1.807, 2.05) is 0 Å². The normalized spacial score (nSPS) is 8.67. The predicted molar refractivity (Wildman–Crippen MR) is 62.7 cm³/mol. The highest BCUT2D eigenvalue weighted by Crippen LogP contribution is 2.20. The van der Waals surface area contributed by atoms with E-state index in [1.54, 1.807) is 12.1 Å². The number of allylic oxidation sites excluding steroid dienone is 1. The molecule has 0 aliphatic carbocycles. The quantitative estimate of drug-likeness (QED) is 0.789. The lowest BCUT2D eigenvalue weighted by Crippen LogP contribution is -2.19. The van der Waals surface area contributed by atoms with Crippen molar-refractivity contribution in [1.29, 1.82) is 10.5 Å². The van der Waals surface area contributed by atoms with Gasteiger partial charge in [0.1, 0.15) is 23.5 Å². The number of carbonyl (C=O) groups is 1. The minimum Gasteiger partial charge on any atom is -0.357 e. The zero-order valence-corrected chi connectivity index (χ0v) is 9.49. The fourth-order valence-corrected chi connectivity index (χ4v) is 1.23. The average Bonchev–Trinajstić information content (AvgIpc) is 2.40. The van der Waals surface area contributed by atoms with Crippen molar-refractivity contribution in [3.05, 3.63) is 41.4 Å². The fourth-order valence-electron chi connectivity index (χ4n) is 1.23. The molecule has 0 aliphatic rings. The van der Waals surface area contributed by atoms with Crippen molar-refractivity contribution < 1.29 is 9.18 Å². The van der Waals surface area contributed by atoms with Crippen LogP contribution in [0, 0.1) is 28.5 Å². The fraction of sp³-hybridized carbons (Fsp3) is 0.0833. The molecule has 0 heterocycles. The van der Waals surface area contributed by atoms with Crippen molar-refractivity contribution in [1.82, 2.24) is 5.32 Å². The van der Waals surface area contributed by atoms with E-state index in [0.29, 0.717) is 0 Å².